The van der Waals surface area contributed by atoms with E-state index in [1.165, 1.54) is 12.1 Å². The van der Waals surface area contributed by atoms with Crippen LogP contribution in [0.15, 0.2) is 83.8 Å². The molecule has 3 aromatic rings. The summed E-state index contributed by atoms with van der Waals surface area (Å²) in [7, 11) is -3.69. The summed E-state index contributed by atoms with van der Waals surface area (Å²) in [5.74, 6) is -0.00291. The average Bonchev–Trinajstić information content (AvgIpc) is 2.73. The molecule has 0 fully saturated rings. The van der Waals surface area contributed by atoms with Gasteiger partial charge in [-0.2, -0.15) is 0 Å². The molecule has 0 bridgehead atoms. The first kappa shape index (κ1) is 21.5. The predicted octanol–water partition coefficient (Wildman–Crippen LogP) is 5.28. The Morgan fingerprint density at radius 2 is 1.45 bits per heavy atom. The SMILES string of the molecule is O=C(c1ccc(NS(=O)(=O)c2ccccc2)cc1)C(Br)C(Br)c1ccc(O)cc1. The van der Waals surface area contributed by atoms with E-state index in [0.29, 0.717) is 11.3 Å². The number of aromatic hydroxyl groups is 1. The van der Waals surface area contributed by atoms with Crippen LogP contribution < -0.4 is 4.72 Å². The Morgan fingerprint density at radius 1 is 0.862 bits per heavy atom. The first-order chi connectivity index (χ1) is 13.8. The number of carbonyl (C=O) groups is 1. The predicted molar refractivity (Wildman–Crippen MR) is 121 cm³/mol. The Hall–Kier alpha value is -2.16. The summed E-state index contributed by atoms with van der Waals surface area (Å²) in [4.78, 5) is 12.1. The molecule has 5 nitrogen and oxygen atoms in total. The second-order valence-electron chi connectivity index (χ2n) is 6.26. The van der Waals surface area contributed by atoms with E-state index in [0.717, 1.165) is 5.56 Å². The number of ketones is 1. The van der Waals surface area contributed by atoms with E-state index < -0.39 is 14.9 Å². The van der Waals surface area contributed by atoms with Crippen LogP contribution >= 0.6 is 31.9 Å². The van der Waals surface area contributed by atoms with Crippen LogP contribution in [0.2, 0.25) is 0 Å². The summed E-state index contributed by atoms with van der Waals surface area (Å²) in [6.07, 6.45) is 0. The van der Waals surface area contributed by atoms with Gasteiger partial charge in [0.25, 0.3) is 10.0 Å². The van der Waals surface area contributed by atoms with Gasteiger partial charge in [0.05, 0.1) is 14.5 Å². The van der Waals surface area contributed by atoms with Gasteiger partial charge < -0.3 is 5.11 Å². The summed E-state index contributed by atoms with van der Waals surface area (Å²) >= 11 is 6.94. The van der Waals surface area contributed by atoms with Gasteiger partial charge in [-0.3, -0.25) is 9.52 Å². The average molecular weight is 539 g/mol. The second kappa shape index (κ2) is 9.11. The normalized spacial score (nSPS) is 13.4. The monoisotopic (exact) mass is 537 g/mol. The number of phenols is 1. The summed E-state index contributed by atoms with van der Waals surface area (Å²) in [5.41, 5.74) is 1.65. The number of sulfonamides is 1. The van der Waals surface area contributed by atoms with Crippen molar-refractivity contribution in [3.05, 3.63) is 90.0 Å². The summed E-state index contributed by atoms with van der Waals surface area (Å²) < 4.78 is 27.3. The largest absolute Gasteiger partial charge is 0.508 e. The van der Waals surface area contributed by atoms with Gasteiger partial charge in [0.1, 0.15) is 5.75 Å². The highest BCUT2D eigenvalue weighted by Gasteiger charge is 2.26. The van der Waals surface area contributed by atoms with Crippen molar-refractivity contribution in [1.82, 2.24) is 0 Å². The molecule has 0 aromatic heterocycles. The van der Waals surface area contributed by atoms with Crippen LogP contribution in [0, 0.1) is 0 Å². The maximum absolute atomic E-state index is 12.8. The Balaban J connectivity index is 1.72. The van der Waals surface area contributed by atoms with Crippen LogP contribution in [0.3, 0.4) is 0 Å². The fraction of sp³-hybridized carbons (Fsp3) is 0.0952. The van der Waals surface area contributed by atoms with Crippen molar-refractivity contribution in [3.63, 3.8) is 0 Å². The smallest absolute Gasteiger partial charge is 0.261 e. The molecule has 29 heavy (non-hydrogen) atoms. The van der Waals surface area contributed by atoms with Crippen LogP contribution in [-0.2, 0) is 10.0 Å². The molecule has 0 aliphatic carbocycles. The van der Waals surface area contributed by atoms with Crippen molar-refractivity contribution in [2.45, 2.75) is 14.5 Å². The lowest BCUT2D eigenvalue weighted by Gasteiger charge is -2.17. The molecule has 0 saturated heterocycles. The quantitative estimate of drug-likeness (QED) is 0.317. The van der Waals surface area contributed by atoms with Gasteiger partial charge in [-0.1, -0.05) is 62.2 Å². The highest BCUT2D eigenvalue weighted by atomic mass is 79.9. The zero-order chi connectivity index (χ0) is 21.0. The molecular formula is C21H17Br2NO4S. The Kier molecular flexibility index (Phi) is 6.77. The highest BCUT2D eigenvalue weighted by Crippen LogP contribution is 2.34. The molecular weight excluding hydrogens is 522 g/mol. The topological polar surface area (TPSA) is 83.5 Å². The van der Waals surface area contributed by atoms with Gasteiger partial charge in [0, 0.05) is 11.3 Å². The van der Waals surface area contributed by atoms with E-state index in [1.54, 1.807) is 66.7 Å². The van der Waals surface area contributed by atoms with Crippen molar-refractivity contribution in [2.75, 3.05) is 4.72 Å². The molecule has 2 N–H and O–H groups in total. The first-order valence-corrected chi connectivity index (χ1v) is 11.9. The van der Waals surface area contributed by atoms with Crippen molar-refractivity contribution < 1.29 is 18.3 Å². The van der Waals surface area contributed by atoms with Gasteiger partial charge in [-0.15, -0.1) is 0 Å². The number of nitrogens with one attached hydrogen (secondary N) is 1. The minimum Gasteiger partial charge on any atom is -0.508 e. The third-order valence-electron chi connectivity index (χ3n) is 4.19. The Morgan fingerprint density at radius 3 is 2.03 bits per heavy atom. The molecule has 0 saturated carbocycles. The summed E-state index contributed by atoms with van der Waals surface area (Å²) in [6, 6.07) is 20.9. The van der Waals surface area contributed by atoms with Crippen LogP contribution in [0.1, 0.15) is 20.7 Å². The molecule has 150 valence electrons. The molecule has 0 radical (unpaired) electrons. The standard InChI is InChI=1S/C21H17Br2NO4S/c22-19(14-8-12-17(25)13-9-14)20(23)21(26)15-6-10-16(11-7-15)24-29(27,28)18-4-2-1-3-5-18/h1-13,19-20,24-25H. The summed E-state index contributed by atoms with van der Waals surface area (Å²) in [6.45, 7) is 0. The number of benzene rings is 3. The minimum absolute atomic E-state index is 0.152. The van der Waals surface area contributed by atoms with Gasteiger partial charge >= 0.3 is 0 Å². The molecule has 2 unspecified atom stereocenters. The number of hydrogen-bond donors (Lipinski definition) is 2. The lowest BCUT2D eigenvalue weighted by Crippen LogP contribution is -2.19. The Bertz CT molecular complexity index is 1090. The third kappa shape index (κ3) is 5.26. The molecule has 0 aliphatic heterocycles. The number of Topliss-reactive ketones (excluding diaryl/α,β-unsaturated/α-hetero) is 1. The first-order valence-electron chi connectivity index (χ1n) is 8.57. The number of hydrogen-bond acceptors (Lipinski definition) is 4. The molecule has 2 atom stereocenters. The number of phenolic OH excluding ortho intramolecular Hbond substituents is 1. The lowest BCUT2D eigenvalue weighted by molar-refractivity contribution is 0.0991. The number of anilines is 1. The van der Waals surface area contributed by atoms with E-state index in [4.69, 9.17) is 0 Å². The van der Waals surface area contributed by atoms with Crippen LogP contribution in [-0.4, -0.2) is 24.1 Å². The van der Waals surface area contributed by atoms with Crippen molar-refractivity contribution in [3.8, 4) is 5.75 Å². The molecule has 3 rings (SSSR count). The molecule has 8 heteroatoms. The van der Waals surface area contributed by atoms with Crippen molar-refractivity contribution >= 4 is 53.4 Å². The zero-order valence-electron chi connectivity index (χ0n) is 15.0. The number of halogens is 2. The van der Waals surface area contributed by atoms with Gasteiger partial charge in [0.15, 0.2) is 5.78 Å². The van der Waals surface area contributed by atoms with E-state index in [1.807, 2.05) is 0 Å². The molecule has 0 amide bonds. The van der Waals surface area contributed by atoms with Crippen LogP contribution in [0.5, 0.6) is 5.75 Å². The van der Waals surface area contributed by atoms with Crippen LogP contribution in [0.4, 0.5) is 5.69 Å². The lowest BCUT2D eigenvalue weighted by atomic mass is 10.0. The summed E-state index contributed by atoms with van der Waals surface area (Å²) in [5, 5.41) is 9.40. The van der Waals surface area contributed by atoms with E-state index in [2.05, 4.69) is 36.6 Å². The van der Waals surface area contributed by atoms with Gasteiger partial charge in [-0.05, 0) is 54.1 Å². The fourth-order valence-corrected chi connectivity index (χ4v) is 4.83. The molecule has 0 aliphatic rings. The third-order valence-corrected chi connectivity index (χ3v) is 8.30. The number of alkyl halides is 2. The molecule has 0 heterocycles. The Labute approximate surface area is 186 Å². The minimum atomic E-state index is -3.69. The van der Waals surface area contributed by atoms with Crippen molar-refractivity contribution in [2.24, 2.45) is 0 Å². The van der Waals surface area contributed by atoms with E-state index in [-0.39, 0.29) is 21.3 Å². The fourth-order valence-electron chi connectivity index (χ4n) is 2.64. The van der Waals surface area contributed by atoms with E-state index >= 15 is 0 Å². The second-order valence-corrected chi connectivity index (χ2v) is 9.91. The van der Waals surface area contributed by atoms with Gasteiger partial charge in [-0.25, -0.2) is 8.42 Å². The molecule has 0 spiro atoms. The number of carbonyl (C=O) groups excluding carboxylic acids is 1. The zero-order valence-corrected chi connectivity index (χ0v) is 19.0. The maximum atomic E-state index is 12.8. The maximum Gasteiger partial charge on any atom is 0.261 e. The number of rotatable bonds is 7. The van der Waals surface area contributed by atoms with Crippen molar-refractivity contribution in [1.29, 1.82) is 0 Å². The van der Waals surface area contributed by atoms with Gasteiger partial charge in [0.2, 0.25) is 0 Å². The van der Waals surface area contributed by atoms with Crippen LogP contribution in [0.25, 0.3) is 0 Å². The molecule has 3 aromatic carbocycles. The van der Waals surface area contributed by atoms with E-state index in [9.17, 15) is 18.3 Å². The highest BCUT2D eigenvalue weighted by molar-refractivity contribution is 9.12.